The summed E-state index contributed by atoms with van der Waals surface area (Å²) in [5, 5.41) is 14.4. The number of carbonyl (C=O) groups is 3. The lowest BCUT2D eigenvalue weighted by atomic mass is 10.2. The fraction of sp³-hybridized carbons (Fsp3) is 0.700. The molecule has 7 heteroatoms. The van der Waals surface area contributed by atoms with E-state index in [0.717, 1.165) is 17.7 Å². The Morgan fingerprint density at radius 1 is 1.53 bits per heavy atom. The largest absolute Gasteiger partial charge is 0.391 e. The SMILES string of the molecule is O=C(CN1C(=O)CNC1=O)NCC(O)C1CC1. The molecule has 1 saturated carbocycles. The predicted octanol–water partition coefficient (Wildman–Crippen LogP) is -1.57. The van der Waals surface area contributed by atoms with Gasteiger partial charge in [-0.15, -0.1) is 0 Å². The molecule has 17 heavy (non-hydrogen) atoms. The molecule has 1 heterocycles. The molecule has 2 rings (SSSR count). The second-order valence-electron chi connectivity index (χ2n) is 4.35. The van der Waals surface area contributed by atoms with Gasteiger partial charge in [-0.2, -0.15) is 0 Å². The number of rotatable bonds is 5. The van der Waals surface area contributed by atoms with E-state index in [1.807, 2.05) is 0 Å². The highest BCUT2D eigenvalue weighted by Gasteiger charge is 2.32. The molecule has 0 aromatic heterocycles. The molecule has 0 aromatic rings. The summed E-state index contributed by atoms with van der Waals surface area (Å²) in [5.41, 5.74) is 0. The van der Waals surface area contributed by atoms with Crippen molar-refractivity contribution in [2.24, 2.45) is 5.92 Å². The smallest absolute Gasteiger partial charge is 0.325 e. The van der Waals surface area contributed by atoms with Crippen molar-refractivity contribution in [2.45, 2.75) is 18.9 Å². The summed E-state index contributed by atoms with van der Waals surface area (Å²) in [4.78, 5) is 34.6. The number of nitrogens with zero attached hydrogens (tertiary/aromatic N) is 1. The van der Waals surface area contributed by atoms with Crippen LogP contribution >= 0.6 is 0 Å². The van der Waals surface area contributed by atoms with Crippen LogP contribution in [0.5, 0.6) is 0 Å². The highest BCUT2D eigenvalue weighted by atomic mass is 16.3. The molecular formula is C10H15N3O4. The van der Waals surface area contributed by atoms with Crippen molar-refractivity contribution in [2.75, 3.05) is 19.6 Å². The zero-order chi connectivity index (χ0) is 12.4. The molecule has 94 valence electrons. The topological polar surface area (TPSA) is 98.7 Å². The van der Waals surface area contributed by atoms with Crippen molar-refractivity contribution in [3.63, 3.8) is 0 Å². The summed E-state index contributed by atoms with van der Waals surface area (Å²) < 4.78 is 0. The lowest BCUT2D eigenvalue weighted by Gasteiger charge is -2.14. The molecule has 0 spiro atoms. The molecule has 7 nitrogen and oxygen atoms in total. The van der Waals surface area contributed by atoms with E-state index >= 15 is 0 Å². The van der Waals surface area contributed by atoms with E-state index in [-0.39, 0.29) is 25.6 Å². The maximum absolute atomic E-state index is 11.4. The lowest BCUT2D eigenvalue weighted by Crippen LogP contribution is -2.43. The zero-order valence-corrected chi connectivity index (χ0v) is 9.31. The first kappa shape index (κ1) is 11.8. The van der Waals surface area contributed by atoms with Gasteiger partial charge >= 0.3 is 6.03 Å². The maximum atomic E-state index is 11.4. The van der Waals surface area contributed by atoms with Gasteiger partial charge in [-0.05, 0) is 18.8 Å². The number of imide groups is 1. The van der Waals surface area contributed by atoms with Crippen LogP contribution in [0.3, 0.4) is 0 Å². The summed E-state index contributed by atoms with van der Waals surface area (Å²) >= 11 is 0. The second kappa shape index (κ2) is 4.70. The number of aliphatic hydroxyl groups is 1. The van der Waals surface area contributed by atoms with E-state index in [1.54, 1.807) is 0 Å². The number of hydrogen-bond acceptors (Lipinski definition) is 4. The van der Waals surface area contributed by atoms with Crippen LogP contribution in [0.1, 0.15) is 12.8 Å². The third-order valence-electron chi connectivity index (χ3n) is 2.91. The van der Waals surface area contributed by atoms with Crippen molar-refractivity contribution in [3.05, 3.63) is 0 Å². The van der Waals surface area contributed by atoms with E-state index in [2.05, 4.69) is 10.6 Å². The molecule has 2 aliphatic rings. The van der Waals surface area contributed by atoms with Crippen LogP contribution in [0.15, 0.2) is 0 Å². The molecule has 3 N–H and O–H groups in total. The van der Waals surface area contributed by atoms with E-state index in [9.17, 15) is 19.5 Å². The molecule has 0 bridgehead atoms. The standard InChI is InChI=1S/C10H15N3O4/c14-7(6-1-2-6)3-11-8(15)5-13-9(16)4-12-10(13)17/h6-7,14H,1-5H2,(H,11,15)(H,12,17). The first-order valence-electron chi connectivity index (χ1n) is 5.61. The highest BCUT2D eigenvalue weighted by Crippen LogP contribution is 2.32. The third-order valence-corrected chi connectivity index (χ3v) is 2.91. The van der Waals surface area contributed by atoms with Gasteiger partial charge in [0.25, 0.3) is 5.91 Å². The van der Waals surface area contributed by atoms with E-state index in [4.69, 9.17) is 0 Å². The van der Waals surface area contributed by atoms with Gasteiger partial charge in [0.1, 0.15) is 6.54 Å². The molecule has 1 aliphatic carbocycles. The van der Waals surface area contributed by atoms with Crippen LogP contribution < -0.4 is 10.6 Å². The van der Waals surface area contributed by atoms with Crippen LogP contribution in [-0.4, -0.2) is 53.6 Å². The van der Waals surface area contributed by atoms with Gasteiger partial charge in [0, 0.05) is 6.54 Å². The molecule has 0 radical (unpaired) electrons. The number of amides is 4. The fourth-order valence-corrected chi connectivity index (χ4v) is 1.68. The lowest BCUT2D eigenvalue weighted by molar-refractivity contribution is -0.130. The van der Waals surface area contributed by atoms with Crippen LogP contribution in [0.2, 0.25) is 0 Å². The first-order chi connectivity index (χ1) is 8.08. The van der Waals surface area contributed by atoms with Crippen LogP contribution in [0, 0.1) is 5.92 Å². The van der Waals surface area contributed by atoms with E-state index < -0.39 is 23.9 Å². The van der Waals surface area contributed by atoms with Crippen LogP contribution in [-0.2, 0) is 9.59 Å². The number of urea groups is 1. The Morgan fingerprint density at radius 2 is 2.24 bits per heavy atom. The summed E-state index contributed by atoms with van der Waals surface area (Å²) in [6, 6.07) is -0.548. The van der Waals surface area contributed by atoms with Gasteiger partial charge in [0.15, 0.2) is 0 Å². The van der Waals surface area contributed by atoms with Gasteiger partial charge in [-0.25, -0.2) is 4.79 Å². The molecule has 1 atom stereocenters. The molecule has 4 amide bonds. The van der Waals surface area contributed by atoms with Crippen molar-refractivity contribution < 1.29 is 19.5 Å². The van der Waals surface area contributed by atoms with Gasteiger partial charge < -0.3 is 15.7 Å². The summed E-state index contributed by atoms with van der Waals surface area (Å²) in [5.74, 6) is -0.560. The van der Waals surface area contributed by atoms with Crippen LogP contribution in [0.25, 0.3) is 0 Å². The number of hydrogen-bond donors (Lipinski definition) is 3. The van der Waals surface area contributed by atoms with Crippen molar-refractivity contribution in [1.29, 1.82) is 0 Å². The molecule has 1 unspecified atom stereocenters. The number of aliphatic hydroxyl groups excluding tert-OH is 1. The summed E-state index contributed by atoms with van der Waals surface area (Å²) in [6.07, 6.45) is 1.45. The molecule has 0 aromatic carbocycles. The van der Waals surface area contributed by atoms with Gasteiger partial charge in [0.05, 0.1) is 12.6 Å². The minimum absolute atomic E-state index is 0.0587. The Hall–Kier alpha value is -1.63. The average molecular weight is 241 g/mol. The quantitative estimate of drug-likeness (QED) is 0.506. The minimum atomic E-state index is -0.548. The first-order valence-corrected chi connectivity index (χ1v) is 5.61. The Morgan fingerprint density at radius 3 is 2.76 bits per heavy atom. The Bertz CT molecular complexity index is 337. The Kier molecular flexibility index (Phi) is 3.28. The average Bonchev–Trinajstić information content (AvgIpc) is 3.09. The highest BCUT2D eigenvalue weighted by molar-refractivity contribution is 6.04. The second-order valence-corrected chi connectivity index (χ2v) is 4.35. The summed E-state index contributed by atoms with van der Waals surface area (Å²) in [6.45, 7) is -0.175. The van der Waals surface area contributed by atoms with Crippen LogP contribution in [0.4, 0.5) is 4.79 Å². The Labute approximate surface area is 98.2 Å². The van der Waals surface area contributed by atoms with Crippen molar-refractivity contribution in [1.82, 2.24) is 15.5 Å². The predicted molar refractivity (Wildman–Crippen MR) is 56.9 cm³/mol. The fourth-order valence-electron chi connectivity index (χ4n) is 1.68. The molecule has 1 aliphatic heterocycles. The minimum Gasteiger partial charge on any atom is -0.391 e. The maximum Gasteiger partial charge on any atom is 0.325 e. The van der Waals surface area contributed by atoms with Gasteiger partial charge in [0.2, 0.25) is 5.91 Å². The zero-order valence-electron chi connectivity index (χ0n) is 9.31. The third kappa shape index (κ3) is 2.94. The molecular weight excluding hydrogens is 226 g/mol. The monoisotopic (exact) mass is 241 g/mol. The van der Waals surface area contributed by atoms with Crippen molar-refractivity contribution in [3.8, 4) is 0 Å². The number of nitrogens with one attached hydrogen (secondary N) is 2. The number of carbonyl (C=O) groups excluding carboxylic acids is 3. The van der Waals surface area contributed by atoms with Gasteiger partial charge in [-0.3, -0.25) is 14.5 Å². The molecule has 1 saturated heterocycles. The van der Waals surface area contributed by atoms with E-state index in [0.29, 0.717) is 0 Å². The molecule has 2 fully saturated rings. The normalized spacial score (nSPS) is 21.4. The Balaban J connectivity index is 1.72. The van der Waals surface area contributed by atoms with Crippen molar-refractivity contribution >= 4 is 17.8 Å². The summed E-state index contributed by atoms with van der Waals surface area (Å²) in [7, 11) is 0. The van der Waals surface area contributed by atoms with Gasteiger partial charge in [-0.1, -0.05) is 0 Å². The van der Waals surface area contributed by atoms with E-state index in [1.165, 1.54) is 0 Å².